The van der Waals surface area contributed by atoms with Crippen molar-refractivity contribution in [2.45, 2.75) is 77.2 Å². The molecule has 0 fully saturated rings. The molecule has 3 rings (SSSR count). The minimum absolute atomic E-state index is 0.0185. The maximum absolute atomic E-state index is 13.2. The molecular formula is C27H31ClF3N3O4S. The summed E-state index contributed by atoms with van der Waals surface area (Å²) in [6.07, 6.45) is -5.13. The molecule has 1 unspecified atom stereocenters. The maximum atomic E-state index is 13.2. The van der Waals surface area contributed by atoms with Crippen LogP contribution >= 0.6 is 11.6 Å². The van der Waals surface area contributed by atoms with E-state index >= 15 is 0 Å². The van der Waals surface area contributed by atoms with Gasteiger partial charge in [0.1, 0.15) is 16.5 Å². The minimum atomic E-state index is -4.54. The fourth-order valence-electron chi connectivity index (χ4n) is 4.07. The predicted octanol–water partition coefficient (Wildman–Crippen LogP) is 6.76. The van der Waals surface area contributed by atoms with Crippen LogP contribution in [0.15, 0.2) is 50.7 Å². The zero-order valence-corrected chi connectivity index (χ0v) is 24.1. The molecule has 1 aromatic carbocycles. The molecule has 12 heteroatoms. The summed E-state index contributed by atoms with van der Waals surface area (Å²) in [5, 5.41) is 3.07. The van der Waals surface area contributed by atoms with Crippen molar-refractivity contribution in [2.24, 2.45) is 0 Å². The Kier molecular flexibility index (Phi) is 8.60. The SMILES string of the molecule is C=C(CCc1oc2c(C(C)Nc3ccc(Cl)nc3S(=O)(=O)NC(C)(C)C)cc(C)cc2c(=O)c1C)C(F)(F)F. The molecule has 2 heterocycles. The number of benzene rings is 1. The Balaban J connectivity index is 2.09. The van der Waals surface area contributed by atoms with Crippen molar-refractivity contribution in [3.63, 3.8) is 0 Å². The molecule has 0 radical (unpaired) electrons. The van der Waals surface area contributed by atoms with E-state index in [1.165, 1.54) is 19.1 Å². The minimum Gasteiger partial charge on any atom is -0.460 e. The van der Waals surface area contributed by atoms with Gasteiger partial charge in [-0.3, -0.25) is 4.79 Å². The van der Waals surface area contributed by atoms with Gasteiger partial charge >= 0.3 is 6.18 Å². The van der Waals surface area contributed by atoms with Gasteiger partial charge in [0.15, 0.2) is 10.5 Å². The first kappa shape index (κ1) is 30.6. The number of fused-ring (bicyclic) bond motifs is 1. The molecule has 1 atom stereocenters. The van der Waals surface area contributed by atoms with E-state index in [1.807, 2.05) is 0 Å². The molecule has 0 saturated heterocycles. The molecular weight excluding hydrogens is 555 g/mol. The summed E-state index contributed by atoms with van der Waals surface area (Å²) in [6, 6.07) is 5.73. The molecule has 0 aliphatic carbocycles. The lowest BCUT2D eigenvalue weighted by Crippen LogP contribution is -2.41. The number of anilines is 1. The third-order valence-electron chi connectivity index (χ3n) is 5.91. The van der Waals surface area contributed by atoms with Gasteiger partial charge in [0, 0.05) is 28.7 Å². The second-order valence-electron chi connectivity index (χ2n) is 10.5. The first-order chi connectivity index (χ1) is 17.8. The topological polar surface area (TPSA) is 101 Å². The first-order valence-electron chi connectivity index (χ1n) is 12.1. The molecule has 0 bridgehead atoms. The summed E-state index contributed by atoms with van der Waals surface area (Å²) in [5.41, 5.74) is -0.222. The van der Waals surface area contributed by atoms with E-state index in [0.29, 0.717) is 5.56 Å². The first-order valence-corrected chi connectivity index (χ1v) is 13.9. The highest BCUT2D eigenvalue weighted by atomic mass is 35.5. The molecule has 0 saturated carbocycles. The normalized spacial score (nSPS) is 13.5. The Bertz CT molecular complexity index is 1590. The van der Waals surface area contributed by atoms with E-state index in [2.05, 4.69) is 21.6 Å². The summed E-state index contributed by atoms with van der Waals surface area (Å²) in [7, 11) is -4.08. The summed E-state index contributed by atoms with van der Waals surface area (Å²) >= 11 is 6.02. The van der Waals surface area contributed by atoms with Gasteiger partial charge in [-0.15, -0.1) is 0 Å². The number of pyridine rings is 1. The van der Waals surface area contributed by atoms with Gasteiger partial charge in [-0.1, -0.05) is 24.2 Å². The number of aromatic nitrogens is 1. The average Bonchev–Trinajstić information content (AvgIpc) is 2.79. The van der Waals surface area contributed by atoms with Crippen LogP contribution < -0.4 is 15.5 Å². The average molecular weight is 586 g/mol. The van der Waals surface area contributed by atoms with Crippen molar-refractivity contribution in [1.29, 1.82) is 0 Å². The molecule has 0 spiro atoms. The second kappa shape index (κ2) is 10.9. The number of rotatable bonds is 8. The van der Waals surface area contributed by atoms with Crippen molar-refractivity contribution in [3.8, 4) is 0 Å². The van der Waals surface area contributed by atoms with Crippen LogP contribution in [0.1, 0.15) is 62.6 Å². The van der Waals surface area contributed by atoms with Gasteiger partial charge in [-0.05, 0) is 71.7 Å². The van der Waals surface area contributed by atoms with E-state index in [9.17, 15) is 26.4 Å². The number of nitrogens with zero attached hydrogens (tertiary/aromatic N) is 1. The number of allylic oxidation sites excluding steroid dienone is 1. The number of hydrogen-bond acceptors (Lipinski definition) is 6. The van der Waals surface area contributed by atoms with Crippen molar-refractivity contribution < 1.29 is 26.0 Å². The van der Waals surface area contributed by atoms with Crippen LogP contribution in [0.2, 0.25) is 5.15 Å². The van der Waals surface area contributed by atoms with Gasteiger partial charge < -0.3 is 9.73 Å². The van der Waals surface area contributed by atoms with Crippen LogP contribution in [-0.4, -0.2) is 25.1 Å². The number of hydrogen-bond donors (Lipinski definition) is 2. The Labute approximate surface area is 230 Å². The van der Waals surface area contributed by atoms with Crippen LogP contribution in [0.25, 0.3) is 11.0 Å². The van der Waals surface area contributed by atoms with Crippen LogP contribution in [0.3, 0.4) is 0 Å². The highest BCUT2D eigenvalue weighted by molar-refractivity contribution is 7.89. The number of aryl methyl sites for hydroxylation is 2. The van der Waals surface area contributed by atoms with Crippen LogP contribution in [0.4, 0.5) is 18.9 Å². The van der Waals surface area contributed by atoms with Crippen molar-refractivity contribution in [1.82, 2.24) is 9.71 Å². The Morgan fingerprint density at radius 3 is 2.41 bits per heavy atom. The quantitative estimate of drug-likeness (QED) is 0.224. The van der Waals surface area contributed by atoms with Crippen molar-refractivity contribution in [2.75, 3.05) is 5.32 Å². The van der Waals surface area contributed by atoms with Crippen LogP contribution in [0.5, 0.6) is 0 Å². The third kappa shape index (κ3) is 7.20. The van der Waals surface area contributed by atoms with E-state index < -0.39 is 39.8 Å². The zero-order chi connectivity index (χ0) is 29.5. The zero-order valence-electron chi connectivity index (χ0n) is 22.5. The lowest BCUT2D eigenvalue weighted by molar-refractivity contribution is -0.0935. The van der Waals surface area contributed by atoms with Crippen LogP contribution in [0, 0.1) is 13.8 Å². The molecule has 0 aliphatic rings. The summed E-state index contributed by atoms with van der Waals surface area (Å²) < 4.78 is 73.8. The Hall–Kier alpha value is -2.89. The molecule has 0 amide bonds. The fourth-order valence-corrected chi connectivity index (χ4v) is 5.81. The number of sulfonamides is 1. The number of halogens is 4. The van der Waals surface area contributed by atoms with Gasteiger partial charge in [-0.25, -0.2) is 18.1 Å². The Morgan fingerprint density at radius 2 is 1.82 bits per heavy atom. The molecule has 2 aromatic heterocycles. The van der Waals surface area contributed by atoms with Gasteiger partial charge in [0.25, 0.3) is 10.0 Å². The highest BCUT2D eigenvalue weighted by Crippen LogP contribution is 2.33. The summed E-state index contributed by atoms with van der Waals surface area (Å²) in [5.74, 6) is 0.126. The maximum Gasteiger partial charge on any atom is 0.412 e. The third-order valence-corrected chi connectivity index (χ3v) is 7.82. The van der Waals surface area contributed by atoms with Crippen LogP contribution in [-0.2, 0) is 16.4 Å². The molecule has 7 nitrogen and oxygen atoms in total. The summed E-state index contributed by atoms with van der Waals surface area (Å²) in [4.78, 5) is 17.2. The monoisotopic (exact) mass is 585 g/mol. The van der Waals surface area contributed by atoms with Crippen molar-refractivity contribution in [3.05, 3.63) is 74.2 Å². The van der Waals surface area contributed by atoms with Crippen molar-refractivity contribution >= 4 is 38.3 Å². The van der Waals surface area contributed by atoms with Gasteiger partial charge in [0.2, 0.25) is 0 Å². The molecule has 39 heavy (non-hydrogen) atoms. The van der Waals surface area contributed by atoms with E-state index in [0.717, 1.165) is 5.56 Å². The molecule has 2 N–H and O–H groups in total. The number of nitrogens with one attached hydrogen (secondary N) is 2. The van der Waals surface area contributed by atoms with E-state index in [1.54, 1.807) is 46.8 Å². The molecule has 212 valence electrons. The Morgan fingerprint density at radius 1 is 1.18 bits per heavy atom. The van der Waals surface area contributed by atoms with Gasteiger partial charge in [0.05, 0.1) is 17.1 Å². The lowest BCUT2D eigenvalue weighted by Gasteiger charge is -2.23. The smallest absolute Gasteiger partial charge is 0.412 e. The van der Waals surface area contributed by atoms with E-state index in [-0.39, 0.29) is 50.0 Å². The lowest BCUT2D eigenvalue weighted by atomic mass is 9.99. The molecule has 3 aromatic rings. The van der Waals surface area contributed by atoms with E-state index in [4.69, 9.17) is 16.0 Å². The van der Waals surface area contributed by atoms with Gasteiger partial charge in [-0.2, -0.15) is 13.2 Å². The largest absolute Gasteiger partial charge is 0.460 e. The predicted molar refractivity (Wildman–Crippen MR) is 147 cm³/mol. The number of alkyl halides is 3. The second-order valence-corrected chi connectivity index (χ2v) is 12.5. The standard InChI is InChI=1S/C27H31ClF3N3O4S/c1-14-12-18(17(4)32-20-9-11-22(28)33-25(20)39(36,37)34-26(5,6)7)24-19(13-14)23(35)16(3)21(38-24)10-8-15(2)27(29,30)31/h9,11-13,17,32,34H,2,8,10H2,1,3-7H3. The summed E-state index contributed by atoms with van der Waals surface area (Å²) in [6.45, 7) is 13.2. The molecule has 0 aliphatic heterocycles. The fraction of sp³-hybridized carbons (Fsp3) is 0.407. The highest BCUT2D eigenvalue weighted by Gasteiger charge is 2.32.